The predicted octanol–water partition coefficient (Wildman–Crippen LogP) is 5.59. The molecule has 5 nitrogen and oxygen atoms in total. The first-order valence-corrected chi connectivity index (χ1v) is 10.5. The molecule has 1 unspecified atom stereocenters. The number of methoxy groups -OCH3 is 1. The van der Waals surface area contributed by atoms with E-state index in [1.807, 2.05) is 50.2 Å². The van der Waals surface area contributed by atoms with Gasteiger partial charge in [0.2, 0.25) is 0 Å². The Morgan fingerprint density at radius 1 is 0.969 bits per heavy atom. The van der Waals surface area contributed by atoms with Gasteiger partial charge in [0.25, 0.3) is 11.7 Å². The van der Waals surface area contributed by atoms with E-state index in [1.54, 1.807) is 24.3 Å². The number of hydrogen-bond acceptors (Lipinski definition) is 4. The highest BCUT2D eigenvalue weighted by atomic mass is 35.5. The lowest BCUT2D eigenvalue weighted by atomic mass is 9.94. The largest absolute Gasteiger partial charge is 0.507 e. The number of carbonyl (C=O) groups is 2. The van der Waals surface area contributed by atoms with Gasteiger partial charge in [0.05, 0.1) is 23.7 Å². The fourth-order valence-corrected chi connectivity index (χ4v) is 4.19. The van der Waals surface area contributed by atoms with Gasteiger partial charge >= 0.3 is 0 Å². The number of carbonyl (C=O) groups excluding carboxylic acids is 2. The van der Waals surface area contributed by atoms with Crippen LogP contribution in [-0.2, 0) is 9.59 Å². The first-order valence-electron chi connectivity index (χ1n) is 10.1. The van der Waals surface area contributed by atoms with E-state index in [0.717, 1.165) is 16.7 Å². The number of benzene rings is 3. The van der Waals surface area contributed by atoms with Gasteiger partial charge in [-0.05, 0) is 49.7 Å². The van der Waals surface area contributed by atoms with Crippen LogP contribution in [0.4, 0.5) is 5.69 Å². The van der Waals surface area contributed by atoms with Gasteiger partial charge in [-0.3, -0.25) is 14.5 Å². The van der Waals surface area contributed by atoms with E-state index in [0.29, 0.717) is 17.0 Å². The number of aryl methyl sites for hydroxylation is 2. The number of nitrogens with zero attached hydrogens (tertiary/aromatic N) is 1. The topological polar surface area (TPSA) is 66.8 Å². The van der Waals surface area contributed by atoms with Crippen LogP contribution >= 0.6 is 11.6 Å². The summed E-state index contributed by atoms with van der Waals surface area (Å²) in [5.74, 6) is -1.28. The molecule has 1 saturated heterocycles. The zero-order valence-corrected chi connectivity index (χ0v) is 18.7. The Kier molecular flexibility index (Phi) is 5.76. The third-order valence-corrected chi connectivity index (χ3v) is 5.84. The maximum absolute atomic E-state index is 13.2. The predicted molar refractivity (Wildman–Crippen MR) is 125 cm³/mol. The average molecular weight is 448 g/mol. The molecule has 1 amide bonds. The number of aliphatic hydroxyl groups excluding tert-OH is 1. The minimum absolute atomic E-state index is 0.0161. The van der Waals surface area contributed by atoms with Crippen LogP contribution in [0.25, 0.3) is 5.76 Å². The number of ketones is 1. The molecule has 162 valence electrons. The van der Waals surface area contributed by atoms with Gasteiger partial charge < -0.3 is 9.84 Å². The Bertz CT molecular complexity index is 1250. The van der Waals surface area contributed by atoms with E-state index >= 15 is 0 Å². The molecule has 1 atom stereocenters. The molecule has 0 aromatic heterocycles. The third kappa shape index (κ3) is 3.76. The van der Waals surface area contributed by atoms with Crippen LogP contribution in [0, 0.1) is 13.8 Å². The minimum atomic E-state index is -0.779. The van der Waals surface area contributed by atoms with Gasteiger partial charge in [-0.25, -0.2) is 0 Å². The lowest BCUT2D eigenvalue weighted by Gasteiger charge is -2.26. The van der Waals surface area contributed by atoms with Crippen LogP contribution in [0.5, 0.6) is 5.75 Å². The molecule has 0 saturated carbocycles. The first kappa shape index (κ1) is 21.7. The van der Waals surface area contributed by atoms with Crippen LogP contribution in [-0.4, -0.2) is 23.9 Å². The highest BCUT2D eigenvalue weighted by Gasteiger charge is 2.47. The van der Waals surface area contributed by atoms with Gasteiger partial charge in [0.15, 0.2) is 0 Å². The molecule has 1 fully saturated rings. The van der Waals surface area contributed by atoms with Gasteiger partial charge in [-0.15, -0.1) is 0 Å². The number of Topliss-reactive ketones (excluding diaryl/α,β-unsaturated/α-hetero) is 1. The maximum Gasteiger partial charge on any atom is 0.300 e. The fraction of sp³-hybridized carbons (Fsp3) is 0.154. The fourth-order valence-electron chi connectivity index (χ4n) is 3.93. The summed E-state index contributed by atoms with van der Waals surface area (Å²) in [6, 6.07) is 18.9. The standard InChI is InChI=1S/C26H22ClNO4/c1-15-7-10-19(11-8-15)28-23(17-6-4-5-16(2)13-17)22(25(30)26(28)31)24(29)18-9-12-21(32-3)20(27)14-18/h4-14,23,29H,1-3H3/b24-22-. The number of ether oxygens (including phenoxy) is 1. The van der Waals surface area contributed by atoms with E-state index < -0.39 is 17.7 Å². The smallest absolute Gasteiger partial charge is 0.300 e. The second kappa shape index (κ2) is 8.52. The van der Waals surface area contributed by atoms with E-state index in [-0.39, 0.29) is 16.4 Å². The average Bonchev–Trinajstić information content (AvgIpc) is 3.04. The summed E-state index contributed by atoms with van der Waals surface area (Å²) in [6.45, 7) is 3.88. The zero-order chi connectivity index (χ0) is 23.0. The lowest BCUT2D eigenvalue weighted by Crippen LogP contribution is -2.29. The highest BCUT2D eigenvalue weighted by molar-refractivity contribution is 6.51. The van der Waals surface area contributed by atoms with Crippen molar-refractivity contribution in [1.82, 2.24) is 0 Å². The molecule has 0 spiro atoms. The van der Waals surface area contributed by atoms with Gasteiger partial charge in [0.1, 0.15) is 11.5 Å². The molecule has 32 heavy (non-hydrogen) atoms. The van der Waals surface area contributed by atoms with Crippen molar-refractivity contribution in [2.75, 3.05) is 12.0 Å². The van der Waals surface area contributed by atoms with Crippen LogP contribution in [0.1, 0.15) is 28.3 Å². The Balaban J connectivity index is 1.94. The first-order chi connectivity index (χ1) is 15.3. The molecule has 0 aliphatic carbocycles. The van der Waals surface area contributed by atoms with Gasteiger partial charge in [-0.2, -0.15) is 0 Å². The van der Waals surface area contributed by atoms with E-state index in [1.165, 1.54) is 18.1 Å². The summed E-state index contributed by atoms with van der Waals surface area (Å²) in [5.41, 5.74) is 3.66. The van der Waals surface area contributed by atoms with Crippen molar-refractivity contribution < 1.29 is 19.4 Å². The van der Waals surface area contributed by atoms with Crippen molar-refractivity contribution in [3.63, 3.8) is 0 Å². The molecule has 3 aromatic carbocycles. The molecule has 1 N–H and O–H groups in total. The number of rotatable bonds is 4. The SMILES string of the molecule is COc1ccc(/C(O)=C2/C(=O)C(=O)N(c3ccc(C)cc3)C2c2cccc(C)c2)cc1Cl. The van der Waals surface area contributed by atoms with Crippen LogP contribution < -0.4 is 9.64 Å². The van der Waals surface area contributed by atoms with Crippen molar-refractivity contribution in [2.24, 2.45) is 0 Å². The summed E-state index contributed by atoms with van der Waals surface area (Å²) in [6.07, 6.45) is 0. The molecule has 0 radical (unpaired) electrons. The molecule has 1 aliphatic rings. The van der Waals surface area contributed by atoms with Crippen molar-refractivity contribution in [3.05, 3.63) is 99.6 Å². The zero-order valence-electron chi connectivity index (χ0n) is 17.9. The molecule has 0 bridgehead atoms. The maximum atomic E-state index is 13.2. The van der Waals surface area contributed by atoms with Gasteiger partial charge in [-0.1, -0.05) is 59.1 Å². The van der Waals surface area contributed by atoms with Crippen molar-refractivity contribution in [1.29, 1.82) is 0 Å². The van der Waals surface area contributed by atoms with Crippen LogP contribution in [0.3, 0.4) is 0 Å². The molecule has 6 heteroatoms. The monoisotopic (exact) mass is 447 g/mol. The normalized spacial score (nSPS) is 17.6. The summed E-state index contributed by atoms with van der Waals surface area (Å²) in [7, 11) is 1.49. The lowest BCUT2D eigenvalue weighted by molar-refractivity contribution is -0.132. The number of hydrogen-bond donors (Lipinski definition) is 1. The van der Waals surface area contributed by atoms with Crippen molar-refractivity contribution in [2.45, 2.75) is 19.9 Å². The molecule has 3 aromatic rings. The summed E-state index contributed by atoms with van der Waals surface area (Å²) < 4.78 is 5.17. The third-order valence-electron chi connectivity index (χ3n) is 5.54. The quantitative estimate of drug-likeness (QED) is 0.321. The van der Waals surface area contributed by atoms with Crippen LogP contribution in [0.15, 0.2) is 72.3 Å². The summed E-state index contributed by atoms with van der Waals surface area (Å²) in [5, 5.41) is 11.5. The number of amides is 1. The molecule has 1 heterocycles. The summed E-state index contributed by atoms with van der Waals surface area (Å²) in [4.78, 5) is 27.8. The Hall–Kier alpha value is -3.57. The second-order valence-corrected chi connectivity index (χ2v) is 8.18. The minimum Gasteiger partial charge on any atom is -0.507 e. The van der Waals surface area contributed by atoms with Crippen molar-refractivity contribution in [3.8, 4) is 5.75 Å². The van der Waals surface area contributed by atoms with E-state index in [9.17, 15) is 14.7 Å². The summed E-state index contributed by atoms with van der Waals surface area (Å²) >= 11 is 6.24. The molecule has 1 aliphatic heterocycles. The van der Waals surface area contributed by atoms with Gasteiger partial charge in [0, 0.05) is 11.3 Å². The molecular weight excluding hydrogens is 426 g/mol. The number of halogens is 1. The van der Waals surface area contributed by atoms with E-state index in [4.69, 9.17) is 16.3 Å². The van der Waals surface area contributed by atoms with Crippen molar-refractivity contribution >= 4 is 34.7 Å². The molecule has 4 rings (SSSR count). The highest BCUT2D eigenvalue weighted by Crippen LogP contribution is 2.42. The number of anilines is 1. The Labute approximate surface area is 191 Å². The number of aliphatic hydroxyl groups is 1. The Morgan fingerprint density at radius 3 is 2.31 bits per heavy atom. The molecular formula is C26H22ClNO4. The Morgan fingerprint density at radius 2 is 1.69 bits per heavy atom. The second-order valence-electron chi connectivity index (χ2n) is 7.77. The van der Waals surface area contributed by atoms with Crippen LogP contribution in [0.2, 0.25) is 5.02 Å². The van der Waals surface area contributed by atoms with E-state index in [2.05, 4.69) is 0 Å².